The van der Waals surface area contributed by atoms with Crippen molar-refractivity contribution >= 4 is 45.8 Å². The maximum atomic E-state index is 15.4. The molecule has 6 atom stereocenters. The first kappa shape index (κ1) is 60.3. The number of hydrogen-bond donors (Lipinski definition) is 3. The summed E-state index contributed by atoms with van der Waals surface area (Å²) in [4.78, 5) is 52.6. The minimum Gasteiger partial charge on any atom is -0.506 e. The van der Waals surface area contributed by atoms with E-state index < -0.39 is 0 Å². The number of rotatable bonds is 22. The van der Waals surface area contributed by atoms with Gasteiger partial charge in [-0.3, -0.25) is 19.4 Å². The second-order valence-electron chi connectivity index (χ2n) is 29.7. The van der Waals surface area contributed by atoms with E-state index in [1.807, 2.05) is 0 Å². The number of benzene rings is 2. The number of allylic oxidation sites excluding steroid dienone is 2. The van der Waals surface area contributed by atoms with Gasteiger partial charge in [-0.25, -0.2) is 0 Å². The van der Waals surface area contributed by atoms with E-state index in [1.54, 1.807) is 0 Å². The van der Waals surface area contributed by atoms with Gasteiger partial charge in [0.25, 0.3) is 0 Å². The van der Waals surface area contributed by atoms with E-state index in [0.717, 1.165) is 144 Å². The third-order valence-corrected chi connectivity index (χ3v) is 17.0. The van der Waals surface area contributed by atoms with Gasteiger partial charge in [-0.15, -0.1) is 0 Å². The van der Waals surface area contributed by atoms with Crippen LogP contribution in [0.2, 0.25) is 0 Å². The van der Waals surface area contributed by atoms with Crippen LogP contribution in [0.15, 0.2) is 22.9 Å². The summed E-state index contributed by atoms with van der Waals surface area (Å²) >= 11 is 0. The zero-order chi connectivity index (χ0) is 55.4. The molecule has 2 amide bonds. The number of fused-ring (bicyclic) bond motifs is 1. The summed E-state index contributed by atoms with van der Waals surface area (Å²) in [5.74, 6) is 1.85. The first-order valence-electron chi connectivity index (χ1n) is 30.2. The lowest BCUT2D eigenvalue weighted by atomic mass is 9.75. The van der Waals surface area contributed by atoms with Crippen molar-refractivity contribution < 1.29 is 19.5 Å². The van der Waals surface area contributed by atoms with Gasteiger partial charge in [0.1, 0.15) is 5.76 Å². The number of carbonyl (C=O) groups excluding carboxylic acids is 3. The molecule has 8 heteroatoms. The van der Waals surface area contributed by atoms with Gasteiger partial charge in [-0.2, -0.15) is 0 Å². The highest BCUT2D eigenvalue weighted by atomic mass is 16.3. The Kier molecular flexibility index (Phi) is 19.9. The average Bonchev–Trinajstić information content (AvgIpc) is 3.28. The molecule has 0 saturated carbocycles. The lowest BCUT2D eigenvalue weighted by Crippen LogP contribution is -2.37. The predicted molar refractivity (Wildman–Crippen MR) is 317 cm³/mol. The van der Waals surface area contributed by atoms with Crippen LogP contribution in [0.5, 0.6) is 0 Å². The zero-order valence-corrected chi connectivity index (χ0v) is 50.7. The highest BCUT2D eigenvalue weighted by Gasteiger charge is 2.41. The van der Waals surface area contributed by atoms with Gasteiger partial charge in [-0.05, 0) is 176 Å². The van der Waals surface area contributed by atoms with Gasteiger partial charge in [0, 0.05) is 54.5 Å². The number of carbonyl (C=O) groups is 3. The molecule has 6 unspecified atom stereocenters. The van der Waals surface area contributed by atoms with Crippen LogP contribution in [0.25, 0.3) is 11.1 Å². The standard InChI is InChI=1S/C67H106N4O4/c1-18-19-25-50-58-48(23-20-31-68-58)34-52(59(50)69-54(72)36-46(44(4)40-66(12,13)14)29-27-42(2)38-64(6,7)8)56-62(74)57(63(56)75)53-35-49-24-21-32-71-33-22-26-51(61(49)71)60(53)70-55(73)37-47(45(5)41-67(15,16)17)30-28-43(3)39-65(9,10)11/h34-35,42-47,74H,18-33,36-41H2,1-17H3,(H,69,72)(H,70,73)/b56-52-. The molecule has 6 rings (SSSR count). The lowest BCUT2D eigenvalue weighted by molar-refractivity contribution is -0.118. The Labute approximate surface area is 456 Å². The van der Waals surface area contributed by atoms with E-state index in [9.17, 15) is 14.7 Å². The fraction of sp³-hybridized carbons (Fsp3) is 0.731. The van der Waals surface area contributed by atoms with Crippen molar-refractivity contribution in [3.8, 4) is 0 Å². The molecular weight excluding hydrogens is 925 g/mol. The smallest absolute Gasteiger partial charge is 0.224 e. The molecule has 4 aliphatic rings. The van der Waals surface area contributed by atoms with Crippen molar-refractivity contribution in [2.24, 2.45) is 62.2 Å². The van der Waals surface area contributed by atoms with Gasteiger partial charge in [0.05, 0.1) is 27.9 Å². The van der Waals surface area contributed by atoms with E-state index in [-0.39, 0.29) is 68.0 Å². The number of Topliss-reactive ketones (excluding diaryl/α,β-unsaturated/α-hetero) is 1. The Bertz CT molecular complexity index is 2520. The summed E-state index contributed by atoms with van der Waals surface area (Å²) in [6.07, 6.45) is 17.2. The number of unbranched alkanes of at least 4 members (excludes halogenated alkanes) is 1. The van der Waals surface area contributed by atoms with Crippen LogP contribution < -0.4 is 26.1 Å². The van der Waals surface area contributed by atoms with Crippen molar-refractivity contribution in [3.63, 3.8) is 0 Å². The summed E-state index contributed by atoms with van der Waals surface area (Å²) in [6, 6.07) is 4.16. The number of amides is 2. The van der Waals surface area contributed by atoms with Crippen molar-refractivity contribution in [3.05, 3.63) is 56.3 Å². The Balaban J connectivity index is 1.45. The number of anilines is 3. The Morgan fingerprint density at radius 1 is 0.653 bits per heavy atom. The fourth-order valence-corrected chi connectivity index (χ4v) is 14.3. The highest BCUT2D eigenvalue weighted by molar-refractivity contribution is 6.52. The summed E-state index contributed by atoms with van der Waals surface area (Å²) < 4.78 is 0. The monoisotopic (exact) mass is 1030 g/mol. The number of hydrogen-bond acceptors (Lipinski definition) is 6. The van der Waals surface area contributed by atoms with Gasteiger partial charge >= 0.3 is 0 Å². The van der Waals surface area contributed by atoms with E-state index in [2.05, 4.69) is 145 Å². The molecule has 0 bridgehead atoms. The molecule has 418 valence electrons. The van der Waals surface area contributed by atoms with Gasteiger partial charge in [0.2, 0.25) is 17.6 Å². The zero-order valence-electron chi connectivity index (χ0n) is 50.7. The Morgan fingerprint density at radius 3 is 1.67 bits per heavy atom. The third kappa shape index (κ3) is 16.3. The number of nitrogens with zero attached hydrogens (tertiary/aromatic N) is 2. The SMILES string of the molecule is CCCCc1c(NC(=O)CC(CCC(C)CC(C)(C)C)C(C)CC(C)(C)C)/c(=C2\C(=O)C(c3cc4c5c(c3NC(=O)CC(CCC(C)CC(C)(C)C)C(C)CC(C)(C)C)CCCN5CCC4)=C2O)cc2c1=NCCC2. The summed E-state index contributed by atoms with van der Waals surface area (Å²) in [6.45, 7) is 41.9. The molecule has 3 aliphatic heterocycles. The van der Waals surface area contributed by atoms with Crippen LogP contribution in [0, 0.1) is 57.2 Å². The van der Waals surface area contributed by atoms with Crippen LogP contribution in [0.4, 0.5) is 17.1 Å². The maximum Gasteiger partial charge on any atom is 0.224 e. The molecule has 0 fully saturated rings. The van der Waals surface area contributed by atoms with Crippen LogP contribution in [0.1, 0.15) is 242 Å². The average molecular weight is 1030 g/mol. The van der Waals surface area contributed by atoms with Gasteiger partial charge in [-0.1, -0.05) is 137 Å². The molecular formula is C67H106N4O4. The number of nitrogens with one attached hydrogen (secondary N) is 2. The number of ketones is 1. The van der Waals surface area contributed by atoms with E-state index in [0.29, 0.717) is 65.1 Å². The van der Waals surface area contributed by atoms with E-state index in [4.69, 9.17) is 4.99 Å². The minimum atomic E-state index is -0.239. The third-order valence-electron chi connectivity index (χ3n) is 17.0. The minimum absolute atomic E-state index is 0.0199. The van der Waals surface area contributed by atoms with Gasteiger partial charge < -0.3 is 20.6 Å². The van der Waals surface area contributed by atoms with Crippen molar-refractivity contribution in [1.29, 1.82) is 0 Å². The fourth-order valence-electron chi connectivity index (χ4n) is 14.3. The largest absolute Gasteiger partial charge is 0.506 e. The predicted octanol–water partition coefficient (Wildman–Crippen LogP) is 15.7. The normalized spacial score (nSPS) is 19.3. The second-order valence-corrected chi connectivity index (χ2v) is 29.7. The van der Waals surface area contributed by atoms with E-state index in [1.165, 1.54) is 11.3 Å². The first-order chi connectivity index (χ1) is 34.9. The van der Waals surface area contributed by atoms with Crippen LogP contribution in [-0.4, -0.2) is 42.3 Å². The van der Waals surface area contributed by atoms with Crippen molar-refractivity contribution in [2.45, 2.75) is 240 Å². The molecule has 0 radical (unpaired) electrons. The number of aliphatic hydroxyl groups is 1. The molecule has 3 heterocycles. The van der Waals surface area contributed by atoms with Crippen LogP contribution >= 0.6 is 0 Å². The quantitative estimate of drug-likeness (QED) is 0.109. The maximum absolute atomic E-state index is 15.4. The summed E-state index contributed by atoms with van der Waals surface area (Å²) in [5.41, 5.74) is 8.77. The van der Waals surface area contributed by atoms with Crippen LogP contribution in [0.3, 0.4) is 0 Å². The molecule has 2 aromatic rings. The Hall–Kier alpha value is -3.94. The van der Waals surface area contributed by atoms with Gasteiger partial charge in [0.15, 0.2) is 0 Å². The number of aryl methyl sites for hydroxylation is 2. The molecule has 0 aromatic heterocycles. The number of aliphatic hydroxyl groups excluding tert-OH is 1. The van der Waals surface area contributed by atoms with Crippen molar-refractivity contribution in [1.82, 2.24) is 0 Å². The molecule has 0 saturated heterocycles. The lowest BCUT2D eigenvalue weighted by Gasteiger charge is -2.39. The molecule has 2 aromatic carbocycles. The summed E-state index contributed by atoms with van der Waals surface area (Å²) in [7, 11) is 0. The summed E-state index contributed by atoms with van der Waals surface area (Å²) in [5, 5.41) is 21.2. The molecule has 8 nitrogen and oxygen atoms in total. The van der Waals surface area contributed by atoms with Crippen LogP contribution in [-0.2, 0) is 40.1 Å². The Morgan fingerprint density at radius 2 is 1.16 bits per heavy atom. The molecule has 3 N–H and O–H groups in total. The van der Waals surface area contributed by atoms with Crippen molar-refractivity contribution in [2.75, 3.05) is 35.2 Å². The molecule has 1 aliphatic carbocycles. The molecule has 0 spiro atoms. The topological polar surface area (TPSA) is 111 Å². The van der Waals surface area contributed by atoms with E-state index >= 15 is 4.79 Å². The second kappa shape index (κ2) is 24.8. The highest BCUT2D eigenvalue weighted by Crippen LogP contribution is 2.48. The molecule has 75 heavy (non-hydrogen) atoms. The first-order valence-corrected chi connectivity index (χ1v) is 30.2.